The molecule has 0 radical (unpaired) electrons. The van der Waals surface area contributed by atoms with E-state index in [2.05, 4.69) is 243 Å². The molecule has 0 bridgehead atoms. The standard InChI is InChI=1S/C60H40S2/c1-4-15-41(16-5-1)29-30-42-17-12-22-45(37-42)46-31-32-53-54(40-46)60(50-26-14-24-48(39-50)58-36-34-56(62-58)44-20-8-3-9-21-44)52-28-11-10-27-51(52)59(53)49-25-13-23-47(38-49)57-35-33-55(61-57)43-18-6-2-7-19-43/h1-40H. The van der Waals surface area contributed by atoms with Crippen LogP contribution < -0.4 is 0 Å². The van der Waals surface area contributed by atoms with Gasteiger partial charge in [-0.25, -0.2) is 0 Å². The smallest absolute Gasteiger partial charge is 0.0349 e. The van der Waals surface area contributed by atoms with Crippen molar-refractivity contribution < 1.29 is 0 Å². The van der Waals surface area contributed by atoms with E-state index in [0.29, 0.717) is 0 Å². The first-order valence-electron chi connectivity index (χ1n) is 21.1. The predicted molar refractivity (Wildman–Crippen MR) is 271 cm³/mol. The van der Waals surface area contributed by atoms with Gasteiger partial charge in [-0.15, -0.1) is 22.7 Å². The largest absolute Gasteiger partial charge is 0.135 e. The monoisotopic (exact) mass is 824 g/mol. The average molecular weight is 825 g/mol. The fraction of sp³-hybridized carbons (Fsp3) is 0. The molecule has 2 heteroatoms. The van der Waals surface area contributed by atoms with Crippen LogP contribution >= 0.6 is 22.7 Å². The first-order valence-corrected chi connectivity index (χ1v) is 22.7. The van der Waals surface area contributed by atoms with Gasteiger partial charge >= 0.3 is 0 Å². The molecule has 0 aliphatic carbocycles. The fourth-order valence-electron chi connectivity index (χ4n) is 8.72. The lowest BCUT2D eigenvalue weighted by Crippen LogP contribution is -1.92. The molecule has 0 unspecified atom stereocenters. The zero-order valence-corrected chi connectivity index (χ0v) is 35.5. The number of hydrogen-bond acceptors (Lipinski definition) is 2. The number of fused-ring (bicyclic) bond motifs is 2. The van der Waals surface area contributed by atoms with Crippen LogP contribution in [0.1, 0.15) is 11.1 Å². The summed E-state index contributed by atoms with van der Waals surface area (Å²) in [6.45, 7) is 0. The molecule has 2 aromatic heterocycles. The van der Waals surface area contributed by atoms with Crippen LogP contribution in [-0.4, -0.2) is 0 Å². The Balaban J connectivity index is 1.09. The van der Waals surface area contributed by atoms with Crippen molar-refractivity contribution in [2.24, 2.45) is 0 Å². The molecule has 292 valence electrons. The van der Waals surface area contributed by atoms with Crippen molar-refractivity contribution in [3.05, 3.63) is 242 Å². The third kappa shape index (κ3) is 7.41. The first-order chi connectivity index (χ1) is 30.7. The minimum absolute atomic E-state index is 1.17. The summed E-state index contributed by atoms with van der Waals surface area (Å²) in [5, 5.41) is 4.97. The van der Waals surface area contributed by atoms with Crippen molar-refractivity contribution in [1.29, 1.82) is 0 Å². The normalized spacial score (nSPS) is 11.5. The Morgan fingerprint density at radius 1 is 0.226 bits per heavy atom. The molecule has 11 rings (SSSR count). The Kier molecular flexibility index (Phi) is 10.1. The SMILES string of the molecule is C(=Cc1cccc(-c2ccc3c(-c4cccc(-c5ccc(-c6ccccc6)s5)c4)c4ccccc4c(-c4cccc(-c5ccc(-c6ccccc6)s5)c4)c3c2)c1)c1ccccc1. The highest BCUT2D eigenvalue weighted by Crippen LogP contribution is 2.47. The summed E-state index contributed by atoms with van der Waals surface area (Å²) in [6.07, 6.45) is 4.39. The second-order valence-corrected chi connectivity index (χ2v) is 17.8. The topological polar surface area (TPSA) is 0 Å². The molecule has 0 saturated carbocycles. The quantitative estimate of drug-likeness (QED) is 0.100. The maximum Gasteiger partial charge on any atom is 0.0349 e. The molecule has 0 atom stereocenters. The van der Waals surface area contributed by atoms with E-state index in [-0.39, 0.29) is 0 Å². The molecule has 0 spiro atoms. The van der Waals surface area contributed by atoms with Crippen molar-refractivity contribution in [3.8, 4) is 75.1 Å². The average Bonchev–Trinajstić information content (AvgIpc) is 4.06. The maximum atomic E-state index is 2.43. The van der Waals surface area contributed by atoms with Crippen LogP contribution in [-0.2, 0) is 0 Å². The number of thiophene rings is 2. The van der Waals surface area contributed by atoms with Crippen molar-refractivity contribution in [2.45, 2.75) is 0 Å². The molecule has 0 aliphatic heterocycles. The molecule has 0 amide bonds. The van der Waals surface area contributed by atoms with E-state index in [4.69, 9.17) is 0 Å². The number of rotatable bonds is 9. The number of hydrogen-bond donors (Lipinski definition) is 0. The maximum absolute atomic E-state index is 2.43. The van der Waals surface area contributed by atoms with Crippen molar-refractivity contribution in [3.63, 3.8) is 0 Å². The van der Waals surface area contributed by atoms with Gasteiger partial charge in [-0.2, -0.15) is 0 Å². The van der Waals surface area contributed by atoms with E-state index in [1.807, 2.05) is 22.7 Å². The highest BCUT2D eigenvalue weighted by molar-refractivity contribution is 7.19. The summed E-state index contributed by atoms with van der Waals surface area (Å²) in [6, 6.07) is 84.2. The second kappa shape index (κ2) is 16.6. The molecule has 0 fully saturated rings. The van der Waals surface area contributed by atoms with E-state index in [1.54, 1.807) is 0 Å². The molecule has 0 saturated heterocycles. The minimum Gasteiger partial charge on any atom is -0.135 e. The second-order valence-electron chi connectivity index (χ2n) is 15.6. The van der Waals surface area contributed by atoms with Gasteiger partial charge in [0.2, 0.25) is 0 Å². The Morgan fingerprint density at radius 2 is 0.613 bits per heavy atom. The zero-order valence-electron chi connectivity index (χ0n) is 33.9. The summed E-state index contributed by atoms with van der Waals surface area (Å²) < 4.78 is 0. The molecule has 0 aliphatic rings. The van der Waals surface area contributed by atoms with Crippen LogP contribution in [0.4, 0.5) is 0 Å². The van der Waals surface area contributed by atoms with Crippen LogP contribution in [0, 0.1) is 0 Å². The van der Waals surface area contributed by atoms with E-state index in [9.17, 15) is 0 Å². The van der Waals surface area contributed by atoms with Crippen LogP contribution in [0.5, 0.6) is 0 Å². The molecule has 0 N–H and O–H groups in total. The first kappa shape index (κ1) is 37.6. The van der Waals surface area contributed by atoms with Crippen molar-refractivity contribution >= 4 is 56.4 Å². The van der Waals surface area contributed by atoms with Gasteiger partial charge < -0.3 is 0 Å². The molecule has 2 heterocycles. The van der Waals surface area contributed by atoms with Gasteiger partial charge in [0.1, 0.15) is 0 Å². The molecule has 11 aromatic rings. The fourth-order valence-corrected chi connectivity index (χ4v) is 10.7. The van der Waals surface area contributed by atoms with Crippen molar-refractivity contribution in [2.75, 3.05) is 0 Å². The molecular formula is C60H40S2. The summed E-state index contributed by atoms with van der Waals surface area (Å²) in [5.41, 5.74) is 14.6. The van der Waals surface area contributed by atoms with Crippen LogP contribution in [0.3, 0.4) is 0 Å². The van der Waals surface area contributed by atoms with Gasteiger partial charge in [-0.05, 0) is 137 Å². The van der Waals surface area contributed by atoms with Crippen molar-refractivity contribution in [1.82, 2.24) is 0 Å². The van der Waals surface area contributed by atoms with Crippen LogP contribution in [0.15, 0.2) is 231 Å². The predicted octanol–water partition coefficient (Wildman–Crippen LogP) is 18.0. The molecule has 62 heavy (non-hydrogen) atoms. The highest BCUT2D eigenvalue weighted by atomic mass is 32.1. The summed E-state index contributed by atoms with van der Waals surface area (Å²) in [4.78, 5) is 5.08. The van der Waals surface area contributed by atoms with Gasteiger partial charge in [0.15, 0.2) is 0 Å². The highest BCUT2D eigenvalue weighted by Gasteiger charge is 2.19. The van der Waals surface area contributed by atoms with Gasteiger partial charge in [-0.1, -0.05) is 194 Å². The zero-order chi connectivity index (χ0) is 41.2. The lowest BCUT2D eigenvalue weighted by Gasteiger charge is -2.19. The number of benzene rings is 9. The Morgan fingerprint density at radius 3 is 1.19 bits per heavy atom. The summed E-state index contributed by atoms with van der Waals surface area (Å²) >= 11 is 3.70. The molecule has 0 nitrogen and oxygen atoms in total. The van der Waals surface area contributed by atoms with Gasteiger partial charge in [0.25, 0.3) is 0 Å². The lowest BCUT2D eigenvalue weighted by atomic mass is 9.84. The summed E-state index contributed by atoms with van der Waals surface area (Å²) in [7, 11) is 0. The van der Waals surface area contributed by atoms with Gasteiger partial charge in [-0.3, -0.25) is 0 Å². The van der Waals surface area contributed by atoms with E-state index in [1.165, 1.54) is 108 Å². The lowest BCUT2D eigenvalue weighted by molar-refractivity contribution is 1.61. The van der Waals surface area contributed by atoms with E-state index >= 15 is 0 Å². The van der Waals surface area contributed by atoms with Crippen LogP contribution in [0.25, 0.3) is 109 Å². The Labute approximate surface area is 371 Å². The van der Waals surface area contributed by atoms with Gasteiger partial charge in [0.05, 0.1) is 0 Å². The van der Waals surface area contributed by atoms with E-state index in [0.717, 1.165) is 0 Å². The van der Waals surface area contributed by atoms with Gasteiger partial charge in [0, 0.05) is 19.5 Å². The van der Waals surface area contributed by atoms with E-state index < -0.39 is 0 Å². The van der Waals surface area contributed by atoms with Crippen LogP contribution in [0.2, 0.25) is 0 Å². The third-order valence-corrected chi connectivity index (χ3v) is 14.1. The minimum atomic E-state index is 1.17. The molecule has 9 aromatic carbocycles. The Bertz CT molecular complexity index is 3390. The Hall–Kier alpha value is -7.36. The molecular weight excluding hydrogens is 785 g/mol. The summed E-state index contributed by atoms with van der Waals surface area (Å²) in [5.74, 6) is 0. The third-order valence-electron chi connectivity index (χ3n) is 11.7.